The number of para-hydroxylation sites is 1. The fourth-order valence-electron chi connectivity index (χ4n) is 4.27. The van der Waals surface area contributed by atoms with Crippen LogP contribution in [0, 0.1) is 5.92 Å². The largest absolute Gasteiger partial charge is 0.341 e. The van der Waals surface area contributed by atoms with Gasteiger partial charge in [-0.2, -0.15) is 0 Å². The van der Waals surface area contributed by atoms with Crippen molar-refractivity contribution in [2.75, 3.05) is 4.90 Å². The van der Waals surface area contributed by atoms with E-state index in [-0.39, 0.29) is 0 Å². The van der Waals surface area contributed by atoms with Gasteiger partial charge in [0.15, 0.2) is 0 Å². The molecule has 1 aromatic heterocycles. The molecule has 0 fully saturated rings. The maximum atomic E-state index is 4.75. The van der Waals surface area contributed by atoms with Gasteiger partial charge in [-0.3, -0.25) is 4.98 Å². The van der Waals surface area contributed by atoms with Gasteiger partial charge in [-0.1, -0.05) is 69.6 Å². The molecule has 0 spiro atoms. The Labute approximate surface area is 189 Å². The van der Waals surface area contributed by atoms with Crippen LogP contribution in [0.4, 0.5) is 5.69 Å². The zero-order valence-corrected chi connectivity index (χ0v) is 21.1. The monoisotopic (exact) mass is 428 g/mol. The SMILES string of the molecule is C=C(/C=C1/C(/C=C\C)=C(C)N(c2ccccc2)C(C)C1C)c1ccc([Si](C)(C)C)cn1. The fourth-order valence-corrected chi connectivity index (χ4v) is 5.31. The Bertz CT molecular complexity index is 1020. The molecule has 0 saturated carbocycles. The highest BCUT2D eigenvalue weighted by atomic mass is 28.3. The molecule has 0 N–H and O–H groups in total. The maximum absolute atomic E-state index is 4.75. The lowest BCUT2D eigenvalue weighted by atomic mass is 9.81. The number of anilines is 1. The van der Waals surface area contributed by atoms with Crippen LogP contribution in [0.5, 0.6) is 0 Å². The number of rotatable bonds is 5. The van der Waals surface area contributed by atoms with Crippen LogP contribution in [0.15, 0.2) is 90.3 Å². The van der Waals surface area contributed by atoms with E-state index in [2.05, 4.69) is 120 Å². The lowest BCUT2D eigenvalue weighted by Gasteiger charge is -2.42. The zero-order valence-electron chi connectivity index (χ0n) is 20.1. The first-order valence-electron chi connectivity index (χ1n) is 11.2. The Kier molecular flexibility index (Phi) is 6.85. The number of aromatic nitrogens is 1. The molecule has 0 amide bonds. The van der Waals surface area contributed by atoms with E-state index in [1.807, 2.05) is 6.20 Å². The second-order valence-corrected chi connectivity index (χ2v) is 14.6. The zero-order chi connectivity index (χ0) is 22.8. The molecule has 2 nitrogen and oxygen atoms in total. The van der Waals surface area contributed by atoms with Crippen molar-refractivity contribution < 1.29 is 0 Å². The van der Waals surface area contributed by atoms with E-state index in [4.69, 9.17) is 4.98 Å². The average Bonchev–Trinajstić information content (AvgIpc) is 2.75. The van der Waals surface area contributed by atoms with E-state index in [0.717, 1.165) is 11.3 Å². The summed E-state index contributed by atoms with van der Waals surface area (Å²) in [5.41, 5.74) is 7.04. The topological polar surface area (TPSA) is 16.1 Å². The van der Waals surface area contributed by atoms with E-state index >= 15 is 0 Å². The van der Waals surface area contributed by atoms with Crippen LogP contribution in [0.2, 0.25) is 19.6 Å². The van der Waals surface area contributed by atoms with Gasteiger partial charge in [-0.15, -0.1) is 0 Å². The quantitative estimate of drug-likeness (QED) is 0.478. The third-order valence-electron chi connectivity index (χ3n) is 6.34. The Morgan fingerprint density at radius 3 is 2.29 bits per heavy atom. The van der Waals surface area contributed by atoms with Crippen molar-refractivity contribution in [1.82, 2.24) is 4.98 Å². The molecule has 2 atom stereocenters. The predicted octanol–water partition coefficient (Wildman–Crippen LogP) is 6.96. The van der Waals surface area contributed by atoms with Gasteiger partial charge >= 0.3 is 0 Å². The Morgan fingerprint density at radius 1 is 1.06 bits per heavy atom. The molecule has 3 heteroatoms. The molecule has 2 unspecified atom stereocenters. The molecule has 2 heterocycles. The predicted molar refractivity (Wildman–Crippen MR) is 139 cm³/mol. The van der Waals surface area contributed by atoms with Crippen LogP contribution in [0.3, 0.4) is 0 Å². The maximum Gasteiger partial charge on any atom is 0.0796 e. The van der Waals surface area contributed by atoms with Crippen molar-refractivity contribution in [2.24, 2.45) is 5.92 Å². The smallest absolute Gasteiger partial charge is 0.0796 e. The summed E-state index contributed by atoms with van der Waals surface area (Å²) in [4.78, 5) is 7.21. The first-order chi connectivity index (χ1) is 14.6. The van der Waals surface area contributed by atoms with E-state index in [9.17, 15) is 0 Å². The van der Waals surface area contributed by atoms with E-state index in [1.165, 1.54) is 27.7 Å². The number of hydrogen-bond acceptors (Lipinski definition) is 2. The summed E-state index contributed by atoms with van der Waals surface area (Å²) in [5, 5.41) is 1.38. The van der Waals surface area contributed by atoms with E-state index in [1.54, 1.807) is 0 Å². The van der Waals surface area contributed by atoms with Gasteiger partial charge in [0, 0.05) is 29.5 Å². The summed E-state index contributed by atoms with van der Waals surface area (Å²) >= 11 is 0. The number of nitrogens with zero attached hydrogens (tertiary/aromatic N) is 2. The van der Waals surface area contributed by atoms with Gasteiger partial charge < -0.3 is 4.90 Å². The Hall–Kier alpha value is -2.65. The Morgan fingerprint density at radius 2 is 1.74 bits per heavy atom. The van der Waals surface area contributed by atoms with Crippen molar-refractivity contribution in [3.05, 3.63) is 96.0 Å². The first kappa shape index (κ1) is 23.0. The van der Waals surface area contributed by atoms with Crippen molar-refractivity contribution >= 4 is 24.5 Å². The third-order valence-corrected chi connectivity index (χ3v) is 8.37. The number of allylic oxidation sites excluding steroid dienone is 6. The average molecular weight is 429 g/mol. The highest BCUT2D eigenvalue weighted by Crippen LogP contribution is 2.40. The summed E-state index contributed by atoms with van der Waals surface area (Å²) in [6.45, 7) is 20.4. The van der Waals surface area contributed by atoms with Crippen LogP contribution in [0.25, 0.3) is 5.57 Å². The normalized spacial score (nSPS) is 21.3. The molecule has 0 bridgehead atoms. The lowest BCUT2D eigenvalue weighted by Crippen LogP contribution is -2.41. The molecule has 1 aromatic carbocycles. The van der Waals surface area contributed by atoms with Crippen LogP contribution >= 0.6 is 0 Å². The van der Waals surface area contributed by atoms with Crippen LogP contribution in [0.1, 0.15) is 33.4 Å². The van der Waals surface area contributed by atoms with Crippen molar-refractivity contribution in [3.63, 3.8) is 0 Å². The molecule has 1 aliphatic heterocycles. The minimum atomic E-state index is -1.35. The molecule has 3 rings (SSSR count). The van der Waals surface area contributed by atoms with Crippen LogP contribution < -0.4 is 10.1 Å². The number of hydrogen-bond donors (Lipinski definition) is 0. The number of pyridine rings is 1. The highest BCUT2D eigenvalue weighted by molar-refractivity contribution is 6.88. The minimum absolute atomic E-state index is 0.345. The fraction of sp³-hybridized carbons (Fsp3) is 0.321. The van der Waals surface area contributed by atoms with Gasteiger partial charge in [0.25, 0.3) is 0 Å². The lowest BCUT2D eigenvalue weighted by molar-refractivity contribution is 0.515. The molecule has 0 aliphatic carbocycles. The second-order valence-electron chi connectivity index (χ2n) is 9.54. The summed E-state index contributed by atoms with van der Waals surface area (Å²) in [5.74, 6) is 0.355. The molecule has 0 radical (unpaired) electrons. The number of benzene rings is 1. The molecule has 2 aromatic rings. The summed E-state index contributed by atoms with van der Waals surface area (Å²) < 4.78 is 0. The highest BCUT2D eigenvalue weighted by Gasteiger charge is 2.32. The molecular formula is C28H36N2Si. The second kappa shape index (κ2) is 9.23. The standard InChI is InChI=1S/C28H36N2Si/c1-9-13-26-23(5)30(24-14-11-10-12-15-24)22(4)21(3)27(26)18-20(2)28-17-16-25(19-29-28)31(6,7)8/h9-19,21-22H,2H2,1,3-8H3/b13-9-,27-18+. The van der Waals surface area contributed by atoms with Crippen LogP contribution in [-0.2, 0) is 0 Å². The van der Waals surface area contributed by atoms with Crippen molar-refractivity contribution in [1.29, 1.82) is 0 Å². The molecule has 31 heavy (non-hydrogen) atoms. The van der Waals surface area contributed by atoms with Gasteiger partial charge in [-0.25, -0.2) is 0 Å². The minimum Gasteiger partial charge on any atom is -0.341 e. The van der Waals surface area contributed by atoms with Crippen molar-refractivity contribution in [2.45, 2.75) is 53.4 Å². The molecule has 0 saturated heterocycles. The van der Waals surface area contributed by atoms with Crippen LogP contribution in [-0.4, -0.2) is 19.1 Å². The van der Waals surface area contributed by atoms with E-state index in [0.29, 0.717) is 12.0 Å². The summed E-state index contributed by atoms with van der Waals surface area (Å²) in [6.07, 6.45) is 8.65. The molecule has 1 aliphatic rings. The van der Waals surface area contributed by atoms with Crippen molar-refractivity contribution in [3.8, 4) is 0 Å². The third kappa shape index (κ3) is 4.82. The molecule has 162 valence electrons. The molecular weight excluding hydrogens is 392 g/mol. The van der Waals surface area contributed by atoms with Gasteiger partial charge in [0.1, 0.15) is 0 Å². The van der Waals surface area contributed by atoms with E-state index < -0.39 is 8.07 Å². The summed E-state index contributed by atoms with van der Waals surface area (Å²) in [6, 6.07) is 15.4. The van der Waals surface area contributed by atoms with Gasteiger partial charge in [0.2, 0.25) is 0 Å². The first-order valence-corrected chi connectivity index (χ1v) is 14.7. The van der Waals surface area contributed by atoms with Gasteiger partial charge in [-0.05, 0) is 67.0 Å². The summed E-state index contributed by atoms with van der Waals surface area (Å²) in [7, 11) is -1.35. The van der Waals surface area contributed by atoms with Gasteiger partial charge in [0.05, 0.1) is 13.8 Å². The Balaban J connectivity index is 2.04.